The summed E-state index contributed by atoms with van der Waals surface area (Å²) in [5.41, 5.74) is 2.05. The molecule has 1 aromatic heterocycles. The first-order valence-electron chi connectivity index (χ1n) is 8.15. The molecule has 1 heterocycles. The highest BCUT2D eigenvalue weighted by Crippen LogP contribution is 2.48. The van der Waals surface area contributed by atoms with Crippen LogP contribution in [0.15, 0.2) is 42.7 Å². The van der Waals surface area contributed by atoms with E-state index in [0.717, 1.165) is 30.1 Å². The first kappa shape index (κ1) is 13.6. The molecule has 1 aromatic carbocycles. The Balaban J connectivity index is 1.43. The molecular weight excluding hydrogens is 274 g/mol. The van der Waals surface area contributed by atoms with Gasteiger partial charge in [0.2, 0.25) is 5.91 Å². The highest BCUT2D eigenvalue weighted by molar-refractivity contribution is 5.93. The number of nitrogens with zero attached hydrogens (tertiary/aromatic N) is 2. The van der Waals surface area contributed by atoms with Gasteiger partial charge in [0, 0.05) is 24.0 Å². The summed E-state index contributed by atoms with van der Waals surface area (Å²) in [6.45, 7) is 0.727. The maximum absolute atomic E-state index is 12.5. The quantitative estimate of drug-likeness (QED) is 0.940. The lowest BCUT2D eigenvalue weighted by Crippen LogP contribution is -2.27. The van der Waals surface area contributed by atoms with Crippen LogP contribution < -0.4 is 5.32 Å². The SMILES string of the molecule is O=C(Nc1cccc(Cn2cccn2)c1)[C@@H]1C[C@H]2CC[C@H]1C2. The monoisotopic (exact) mass is 295 g/mol. The van der Waals surface area contributed by atoms with Crippen molar-refractivity contribution in [2.75, 3.05) is 5.32 Å². The first-order chi connectivity index (χ1) is 10.8. The summed E-state index contributed by atoms with van der Waals surface area (Å²) >= 11 is 0. The third-order valence-corrected chi connectivity index (χ3v) is 5.17. The number of amides is 1. The van der Waals surface area contributed by atoms with E-state index < -0.39 is 0 Å². The number of hydrogen-bond donors (Lipinski definition) is 1. The zero-order valence-corrected chi connectivity index (χ0v) is 12.6. The molecule has 4 nitrogen and oxygen atoms in total. The maximum Gasteiger partial charge on any atom is 0.227 e. The van der Waals surface area contributed by atoms with Crippen molar-refractivity contribution in [1.29, 1.82) is 0 Å². The number of carbonyl (C=O) groups is 1. The van der Waals surface area contributed by atoms with Gasteiger partial charge in [-0.2, -0.15) is 5.10 Å². The summed E-state index contributed by atoms with van der Waals surface area (Å²) < 4.78 is 1.89. The number of nitrogens with one attached hydrogen (secondary N) is 1. The van der Waals surface area contributed by atoms with Gasteiger partial charge in [-0.1, -0.05) is 18.6 Å². The minimum Gasteiger partial charge on any atom is -0.326 e. The fraction of sp³-hybridized carbons (Fsp3) is 0.444. The van der Waals surface area contributed by atoms with E-state index in [1.165, 1.54) is 19.3 Å². The maximum atomic E-state index is 12.5. The molecule has 0 radical (unpaired) electrons. The second-order valence-electron chi connectivity index (χ2n) is 6.67. The van der Waals surface area contributed by atoms with Crippen molar-refractivity contribution >= 4 is 11.6 Å². The van der Waals surface area contributed by atoms with Gasteiger partial charge in [0.15, 0.2) is 0 Å². The molecule has 2 aromatic rings. The largest absolute Gasteiger partial charge is 0.326 e. The molecule has 3 atom stereocenters. The summed E-state index contributed by atoms with van der Waals surface area (Å²) in [5, 5.41) is 7.34. The Bertz CT molecular complexity index is 665. The Labute approximate surface area is 130 Å². The third-order valence-electron chi connectivity index (χ3n) is 5.17. The molecule has 4 rings (SSSR count). The summed E-state index contributed by atoms with van der Waals surface area (Å²) in [4.78, 5) is 12.5. The number of carbonyl (C=O) groups excluding carboxylic acids is 1. The number of benzene rings is 1. The highest BCUT2D eigenvalue weighted by Gasteiger charge is 2.42. The Kier molecular flexibility index (Phi) is 3.45. The van der Waals surface area contributed by atoms with Gasteiger partial charge < -0.3 is 5.32 Å². The second-order valence-corrected chi connectivity index (χ2v) is 6.67. The van der Waals surface area contributed by atoms with Gasteiger partial charge in [-0.3, -0.25) is 9.48 Å². The van der Waals surface area contributed by atoms with Crippen LogP contribution >= 0.6 is 0 Å². The van der Waals surface area contributed by atoms with Crippen LogP contribution in [0.4, 0.5) is 5.69 Å². The molecule has 22 heavy (non-hydrogen) atoms. The number of hydrogen-bond acceptors (Lipinski definition) is 2. The molecule has 0 unspecified atom stereocenters. The number of fused-ring (bicyclic) bond motifs is 2. The Morgan fingerprint density at radius 1 is 1.27 bits per heavy atom. The smallest absolute Gasteiger partial charge is 0.227 e. The molecule has 0 spiro atoms. The predicted octanol–water partition coefficient (Wildman–Crippen LogP) is 3.31. The van der Waals surface area contributed by atoms with Crippen molar-refractivity contribution in [3.63, 3.8) is 0 Å². The minimum absolute atomic E-state index is 0.212. The van der Waals surface area contributed by atoms with Gasteiger partial charge in [-0.25, -0.2) is 0 Å². The topological polar surface area (TPSA) is 46.9 Å². The average Bonchev–Trinajstić information content (AvgIpc) is 3.25. The van der Waals surface area contributed by atoms with Crippen LogP contribution in [0.1, 0.15) is 31.2 Å². The van der Waals surface area contributed by atoms with Gasteiger partial charge in [0.1, 0.15) is 0 Å². The van der Waals surface area contributed by atoms with Crippen molar-refractivity contribution in [1.82, 2.24) is 9.78 Å². The standard InChI is InChI=1S/C18H21N3O/c22-18(17-11-13-5-6-15(17)9-13)20-16-4-1-3-14(10-16)12-21-8-2-7-19-21/h1-4,7-8,10,13,15,17H,5-6,9,11-12H2,(H,20,22)/t13-,15-,17+/m0/s1. The van der Waals surface area contributed by atoms with E-state index >= 15 is 0 Å². The molecule has 2 saturated carbocycles. The van der Waals surface area contributed by atoms with Crippen LogP contribution in [0.5, 0.6) is 0 Å². The first-order valence-corrected chi connectivity index (χ1v) is 8.15. The van der Waals surface area contributed by atoms with Crippen LogP contribution in [0.3, 0.4) is 0 Å². The summed E-state index contributed by atoms with van der Waals surface area (Å²) in [5.74, 6) is 1.86. The van der Waals surface area contributed by atoms with Gasteiger partial charge in [-0.05, 0) is 54.9 Å². The zero-order valence-electron chi connectivity index (χ0n) is 12.6. The Morgan fingerprint density at radius 3 is 2.95 bits per heavy atom. The lowest BCUT2D eigenvalue weighted by Gasteiger charge is -2.21. The van der Waals surface area contributed by atoms with Crippen LogP contribution in [-0.2, 0) is 11.3 Å². The molecule has 114 valence electrons. The van der Waals surface area contributed by atoms with E-state index in [0.29, 0.717) is 5.92 Å². The van der Waals surface area contributed by atoms with Crippen LogP contribution in [0.25, 0.3) is 0 Å². The fourth-order valence-electron chi connectivity index (χ4n) is 4.13. The molecule has 1 N–H and O–H groups in total. The molecule has 0 saturated heterocycles. The molecular formula is C18H21N3O. The van der Waals surface area contributed by atoms with Gasteiger partial charge in [0.25, 0.3) is 0 Å². The molecule has 1 amide bonds. The third kappa shape index (κ3) is 2.65. The molecule has 0 aliphatic heterocycles. The van der Waals surface area contributed by atoms with Crippen LogP contribution in [0, 0.1) is 17.8 Å². The fourth-order valence-corrected chi connectivity index (χ4v) is 4.13. The van der Waals surface area contributed by atoms with E-state index in [1.807, 2.05) is 35.1 Å². The average molecular weight is 295 g/mol. The van der Waals surface area contributed by atoms with E-state index in [1.54, 1.807) is 6.20 Å². The van der Waals surface area contributed by atoms with Crippen molar-refractivity contribution in [3.8, 4) is 0 Å². The Morgan fingerprint density at radius 2 is 2.23 bits per heavy atom. The van der Waals surface area contributed by atoms with Gasteiger partial charge in [0.05, 0.1) is 6.54 Å². The summed E-state index contributed by atoms with van der Waals surface area (Å²) in [6.07, 6.45) is 8.64. The van der Waals surface area contributed by atoms with Crippen molar-refractivity contribution in [2.24, 2.45) is 17.8 Å². The summed E-state index contributed by atoms with van der Waals surface area (Å²) in [7, 11) is 0. The minimum atomic E-state index is 0.212. The van der Waals surface area contributed by atoms with Gasteiger partial charge in [-0.15, -0.1) is 0 Å². The van der Waals surface area contributed by atoms with E-state index in [9.17, 15) is 4.79 Å². The number of rotatable bonds is 4. The zero-order chi connectivity index (χ0) is 14.9. The van der Waals surface area contributed by atoms with Gasteiger partial charge >= 0.3 is 0 Å². The lowest BCUT2D eigenvalue weighted by atomic mass is 9.88. The van der Waals surface area contributed by atoms with Crippen LogP contribution in [0.2, 0.25) is 0 Å². The van der Waals surface area contributed by atoms with Crippen LogP contribution in [-0.4, -0.2) is 15.7 Å². The molecule has 2 bridgehead atoms. The van der Waals surface area contributed by atoms with Crippen molar-refractivity contribution in [2.45, 2.75) is 32.2 Å². The number of anilines is 1. The summed E-state index contributed by atoms with van der Waals surface area (Å²) in [6, 6.07) is 10.00. The lowest BCUT2D eigenvalue weighted by molar-refractivity contribution is -0.121. The second kappa shape index (κ2) is 5.59. The van der Waals surface area contributed by atoms with E-state index in [-0.39, 0.29) is 11.8 Å². The molecule has 4 heteroatoms. The normalized spacial score (nSPS) is 26.3. The molecule has 2 aliphatic rings. The van der Waals surface area contributed by atoms with Crippen molar-refractivity contribution in [3.05, 3.63) is 48.3 Å². The number of aromatic nitrogens is 2. The van der Waals surface area contributed by atoms with Crippen molar-refractivity contribution < 1.29 is 4.79 Å². The van der Waals surface area contributed by atoms with E-state index in [2.05, 4.69) is 16.5 Å². The highest BCUT2D eigenvalue weighted by atomic mass is 16.1. The Hall–Kier alpha value is -2.10. The van der Waals surface area contributed by atoms with E-state index in [4.69, 9.17) is 0 Å². The predicted molar refractivity (Wildman–Crippen MR) is 85.3 cm³/mol. The molecule has 2 fully saturated rings. The molecule has 2 aliphatic carbocycles.